The third-order valence-corrected chi connectivity index (χ3v) is 8.76. The van der Waals surface area contributed by atoms with Gasteiger partial charge in [0, 0.05) is 74.0 Å². The van der Waals surface area contributed by atoms with Crippen molar-refractivity contribution in [1.29, 1.82) is 0 Å². The molecule has 4 aromatic rings. The molecule has 0 unspecified atom stereocenters. The van der Waals surface area contributed by atoms with Crippen LogP contribution in [0.3, 0.4) is 0 Å². The zero-order valence-corrected chi connectivity index (χ0v) is 30.9. The number of ether oxygens (including phenoxy) is 3. The van der Waals surface area contributed by atoms with Crippen LogP contribution in [0.25, 0.3) is 0 Å². The number of nitrogens with zero attached hydrogens (tertiary/aromatic N) is 4. The van der Waals surface area contributed by atoms with Gasteiger partial charge in [-0.15, -0.1) is 0 Å². The molecule has 0 aliphatic carbocycles. The van der Waals surface area contributed by atoms with Gasteiger partial charge in [0.05, 0.1) is 7.11 Å². The Kier molecular flexibility index (Phi) is 12.6. The van der Waals surface area contributed by atoms with Gasteiger partial charge in [0.2, 0.25) is 11.8 Å². The first kappa shape index (κ1) is 38.0. The van der Waals surface area contributed by atoms with Crippen LogP contribution in [0.2, 0.25) is 0 Å². The molecule has 52 heavy (non-hydrogen) atoms. The Bertz CT molecular complexity index is 1860. The highest BCUT2D eigenvalue weighted by atomic mass is 19.1. The second-order valence-corrected chi connectivity index (χ2v) is 13.3. The minimum Gasteiger partial charge on any atom is -0.493 e. The molecule has 1 saturated heterocycles. The maximum Gasteiger partial charge on any atom is 0.262 e. The molecule has 0 saturated carbocycles. The highest BCUT2D eigenvalue weighted by Gasteiger charge is 2.22. The molecule has 276 valence electrons. The van der Waals surface area contributed by atoms with Gasteiger partial charge in [-0.3, -0.25) is 19.4 Å². The number of nitrogens with one attached hydrogen (secondary N) is 3. The van der Waals surface area contributed by atoms with E-state index in [4.69, 9.17) is 14.2 Å². The van der Waals surface area contributed by atoms with Crippen molar-refractivity contribution in [3.63, 3.8) is 0 Å². The van der Waals surface area contributed by atoms with Crippen LogP contribution in [0.5, 0.6) is 23.1 Å². The molecule has 1 aliphatic heterocycles. The molecule has 3 aromatic carbocycles. The highest BCUT2D eigenvalue weighted by Crippen LogP contribution is 2.34. The van der Waals surface area contributed by atoms with Crippen LogP contribution in [0.1, 0.15) is 59.5 Å². The number of aryl methyl sites for hydroxylation is 2. The number of halogens is 1. The van der Waals surface area contributed by atoms with Crippen molar-refractivity contribution in [2.45, 2.75) is 53.6 Å². The Balaban J connectivity index is 1.34. The van der Waals surface area contributed by atoms with Crippen molar-refractivity contribution in [2.75, 3.05) is 57.1 Å². The molecule has 12 nitrogen and oxygen atoms in total. The summed E-state index contributed by atoms with van der Waals surface area (Å²) in [6.07, 6.45) is 1.33. The van der Waals surface area contributed by atoms with E-state index < -0.39 is 11.7 Å². The maximum atomic E-state index is 15.2. The quantitative estimate of drug-likeness (QED) is 0.132. The topological polar surface area (TPSA) is 130 Å². The van der Waals surface area contributed by atoms with E-state index in [0.29, 0.717) is 36.1 Å². The molecule has 5 rings (SSSR count). The van der Waals surface area contributed by atoms with Gasteiger partial charge in [0.15, 0.2) is 23.1 Å². The number of para-hydroxylation sites is 1. The van der Waals surface area contributed by atoms with Gasteiger partial charge >= 0.3 is 0 Å². The number of piperazine rings is 1. The van der Waals surface area contributed by atoms with Crippen molar-refractivity contribution in [3.8, 4) is 23.1 Å². The Morgan fingerprint density at radius 2 is 1.62 bits per heavy atom. The molecule has 1 aliphatic rings. The first-order valence-electron chi connectivity index (χ1n) is 17.5. The fraction of sp³-hybridized carbons (Fsp3) is 0.385. The maximum absolute atomic E-state index is 15.2. The number of amides is 2. The Morgan fingerprint density at radius 3 is 2.27 bits per heavy atom. The van der Waals surface area contributed by atoms with E-state index in [0.717, 1.165) is 37.3 Å². The van der Waals surface area contributed by atoms with Crippen LogP contribution >= 0.6 is 0 Å². The minimum absolute atomic E-state index is 0.0393. The lowest BCUT2D eigenvalue weighted by atomic mass is 10.1. The predicted molar refractivity (Wildman–Crippen MR) is 200 cm³/mol. The molecule has 1 fully saturated rings. The number of methoxy groups -OCH3 is 1. The Morgan fingerprint density at radius 1 is 0.904 bits per heavy atom. The van der Waals surface area contributed by atoms with E-state index in [1.807, 2.05) is 45.9 Å². The van der Waals surface area contributed by atoms with Crippen LogP contribution in [-0.4, -0.2) is 90.1 Å². The third kappa shape index (κ3) is 9.74. The Labute approximate surface area is 304 Å². The molecule has 2 heterocycles. The number of anilines is 3. The fourth-order valence-electron chi connectivity index (χ4n) is 5.81. The average Bonchev–Trinajstić information content (AvgIpc) is 3.11. The van der Waals surface area contributed by atoms with Gasteiger partial charge in [0.25, 0.3) is 11.8 Å². The largest absolute Gasteiger partial charge is 0.493 e. The van der Waals surface area contributed by atoms with E-state index >= 15 is 4.39 Å². The third-order valence-electron chi connectivity index (χ3n) is 8.76. The second-order valence-electron chi connectivity index (χ2n) is 13.3. The zero-order chi connectivity index (χ0) is 37.4. The van der Waals surface area contributed by atoms with Crippen molar-refractivity contribution in [1.82, 2.24) is 25.1 Å². The van der Waals surface area contributed by atoms with Gasteiger partial charge in [-0.25, -0.2) is 9.37 Å². The molecule has 0 radical (unpaired) electrons. The van der Waals surface area contributed by atoms with Gasteiger partial charge in [-0.1, -0.05) is 18.2 Å². The number of rotatable bonds is 14. The summed E-state index contributed by atoms with van der Waals surface area (Å²) in [5.41, 5.74) is 3.20. The standard InChI is InChI=1S/C39H48FN7O5/c1-24(2)42-36(48)28-11-13-33(34(21-28)50-7)52-38-30(37(49)44-35-26(5)9-8-10-27(35)6)23-41-39(45-38)43-29-12-14-32(31(40)22-29)51-20-19-46-15-17-47(18-16-46)25(3)4/h8-14,21-25H,15-20H2,1-7H3,(H,42,48)(H,44,49)(H,41,43,45). The average molecular weight is 714 g/mol. The molecule has 0 bridgehead atoms. The normalized spacial score (nSPS) is 13.6. The van der Waals surface area contributed by atoms with Gasteiger partial charge in [-0.05, 0) is 83.0 Å². The molecule has 1 aromatic heterocycles. The SMILES string of the molecule is COc1cc(C(=O)NC(C)C)ccc1Oc1nc(Nc2ccc(OCCN3CCN(C(C)C)CC3)c(F)c2)ncc1C(=O)Nc1c(C)cccc1C. The second kappa shape index (κ2) is 17.3. The number of hydrogen-bond donors (Lipinski definition) is 3. The number of hydrogen-bond acceptors (Lipinski definition) is 10. The monoisotopic (exact) mass is 713 g/mol. The molecule has 3 N–H and O–H groups in total. The molecular formula is C39H48FN7O5. The summed E-state index contributed by atoms with van der Waals surface area (Å²) in [5.74, 6) is -0.738. The van der Waals surface area contributed by atoms with E-state index in [1.54, 1.807) is 30.3 Å². The fourth-order valence-corrected chi connectivity index (χ4v) is 5.81. The summed E-state index contributed by atoms with van der Waals surface area (Å²) >= 11 is 0. The predicted octanol–water partition coefficient (Wildman–Crippen LogP) is 6.57. The van der Waals surface area contributed by atoms with Crippen molar-refractivity contribution < 1.29 is 28.2 Å². The zero-order valence-electron chi connectivity index (χ0n) is 30.9. The van der Waals surface area contributed by atoms with E-state index in [1.165, 1.54) is 19.4 Å². The van der Waals surface area contributed by atoms with Crippen LogP contribution < -0.4 is 30.2 Å². The number of carbonyl (C=O) groups excluding carboxylic acids is 2. The van der Waals surface area contributed by atoms with Crippen LogP contribution in [0.4, 0.5) is 21.7 Å². The van der Waals surface area contributed by atoms with Crippen LogP contribution in [0, 0.1) is 19.7 Å². The highest BCUT2D eigenvalue weighted by molar-refractivity contribution is 6.06. The summed E-state index contributed by atoms with van der Waals surface area (Å²) in [4.78, 5) is 39.9. The van der Waals surface area contributed by atoms with E-state index in [9.17, 15) is 9.59 Å². The van der Waals surface area contributed by atoms with E-state index in [-0.39, 0.29) is 46.6 Å². The number of benzene rings is 3. The van der Waals surface area contributed by atoms with Crippen LogP contribution in [-0.2, 0) is 0 Å². The lowest BCUT2D eigenvalue weighted by Crippen LogP contribution is -2.49. The first-order valence-corrected chi connectivity index (χ1v) is 17.5. The van der Waals surface area contributed by atoms with Crippen LogP contribution in [0.15, 0.2) is 60.8 Å². The lowest BCUT2D eigenvalue weighted by molar-refractivity contribution is 0.0942. The molecule has 0 spiro atoms. The summed E-state index contributed by atoms with van der Waals surface area (Å²) in [7, 11) is 1.45. The summed E-state index contributed by atoms with van der Waals surface area (Å²) < 4.78 is 32.7. The van der Waals surface area contributed by atoms with Crippen molar-refractivity contribution in [3.05, 3.63) is 88.9 Å². The van der Waals surface area contributed by atoms with Gasteiger partial charge < -0.3 is 30.2 Å². The first-order chi connectivity index (χ1) is 24.9. The molecular weight excluding hydrogens is 665 g/mol. The van der Waals surface area contributed by atoms with E-state index in [2.05, 4.69) is 49.6 Å². The number of carbonyl (C=O) groups is 2. The smallest absolute Gasteiger partial charge is 0.262 e. The summed E-state index contributed by atoms with van der Waals surface area (Å²) in [6, 6.07) is 15.4. The minimum atomic E-state index is -0.540. The molecule has 0 atom stereocenters. The number of aromatic nitrogens is 2. The summed E-state index contributed by atoms with van der Waals surface area (Å²) in [6.45, 7) is 17.0. The molecule has 2 amide bonds. The molecule has 13 heteroatoms. The van der Waals surface area contributed by atoms with Gasteiger partial charge in [0.1, 0.15) is 12.2 Å². The van der Waals surface area contributed by atoms with Crippen molar-refractivity contribution in [2.24, 2.45) is 0 Å². The lowest BCUT2D eigenvalue weighted by Gasteiger charge is -2.36. The summed E-state index contributed by atoms with van der Waals surface area (Å²) in [5, 5.41) is 8.79. The Hall–Kier alpha value is -5.27. The van der Waals surface area contributed by atoms with Gasteiger partial charge in [-0.2, -0.15) is 4.98 Å². The van der Waals surface area contributed by atoms with Crippen molar-refractivity contribution >= 4 is 29.1 Å².